The molecule has 10 heteroatoms. The molecule has 0 aromatic carbocycles. The summed E-state index contributed by atoms with van der Waals surface area (Å²) in [5, 5.41) is 12.6. The number of thiophene rings is 1. The average molecular weight is 508 g/mol. The molecule has 2 amide bonds. The molecule has 2 N–H and O–H groups in total. The predicted octanol–water partition coefficient (Wildman–Crippen LogP) is 5.12. The van der Waals surface area contributed by atoms with Crippen molar-refractivity contribution in [2.24, 2.45) is 11.8 Å². The molecule has 36 heavy (non-hydrogen) atoms. The molecule has 0 saturated heterocycles. The molecule has 1 aliphatic carbocycles. The minimum absolute atomic E-state index is 0.0102. The lowest BCUT2D eigenvalue weighted by atomic mass is 9.82. The number of hydrogen-bond acceptors (Lipinski definition) is 7. The standard InChI is InChI=1S/C26H29N5O4S/c1-15(2)31(25(33)17-6-4-16(3)5-7-17)20-12-21(36-23(20)26(34)35)18-8-9-22(29-13-18)30-24(32)19-14-27-10-11-28-19/h8-17H,4-7H2,1-3H3,(H,34,35)(H,29,30,32). The number of carbonyl (C=O) groups excluding carboxylic acids is 2. The van der Waals surface area contributed by atoms with Gasteiger partial charge in [0.1, 0.15) is 16.4 Å². The number of rotatable bonds is 7. The molecule has 188 valence electrons. The first kappa shape index (κ1) is 25.4. The van der Waals surface area contributed by atoms with Crippen LogP contribution in [0.4, 0.5) is 11.5 Å². The summed E-state index contributed by atoms with van der Waals surface area (Å²) < 4.78 is 0. The molecule has 0 radical (unpaired) electrons. The zero-order chi connectivity index (χ0) is 25.8. The van der Waals surface area contributed by atoms with Crippen molar-refractivity contribution in [3.05, 3.63) is 53.6 Å². The number of hydrogen-bond donors (Lipinski definition) is 2. The summed E-state index contributed by atoms with van der Waals surface area (Å²) in [5.74, 6) is -0.660. The summed E-state index contributed by atoms with van der Waals surface area (Å²) in [5.41, 5.74) is 1.28. The molecule has 0 bridgehead atoms. The van der Waals surface area contributed by atoms with Crippen molar-refractivity contribution in [3.63, 3.8) is 0 Å². The summed E-state index contributed by atoms with van der Waals surface area (Å²) in [4.78, 5) is 52.5. The summed E-state index contributed by atoms with van der Waals surface area (Å²) in [6, 6.07) is 4.96. The minimum Gasteiger partial charge on any atom is -0.477 e. The number of pyridine rings is 1. The molecule has 1 saturated carbocycles. The van der Waals surface area contributed by atoms with Crippen LogP contribution in [0.2, 0.25) is 0 Å². The fraction of sp³-hybridized carbons (Fsp3) is 0.385. The molecule has 0 unspecified atom stereocenters. The van der Waals surface area contributed by atoms with Gasteiger partial charge in [-0.3, -0.25) is 14.6 Å². The third kappa shape index (κ3) is 5.59. The van der Waals surface area contributed by atoms with E-state index < -0.39 is 11.9 Å². The Bertz CT molecular complexity index is 1230. The van der Waals surface area contributed by atoms with Crippen molar-refractivity contribution >= 4 is 40.6 Å². The summed E-state index contributed by atoms with van der Waals surface area (Å²) in [6.45, 7) is 6.01. The van der Waals surface area contributed by atoms with E-state index in [0.717, 1.165) is 37.0 Å². The average Bonchev–Trinajstić information content (AvgIpc) is 3.30. The second-order valence-electron chi connectivity index (χ2n) is 9.37. The zero-order valence-corrected chi connectivity index (χ0v) is 21.3. The van der Waals surface area contributed by atoms with Crippen molar-refractivity contribution in [2.45, 2.75) is 52.5 Å². The molecule has 0 aliphatic heterocycles. The van der Waals surface area contributed by atoms with E-state index in [9.17, 15) is 19.5 Å². The van der Waals surface area contributed by atoms with Crippen LogP contribution in [-0.2, 0) is 4.79 Å². The van der Waals surface area contributed by atoms with Gasteiger partial charge >= 0.3 is 5.97 Å². The maximum Gasteiger partial charge on any atom is 0.348 e. The van der Waals surface area contributed by atoms with Gasteiger partial charge in [-0.15, -0.1) is 11.3 Å². The molecule has 0 atom stereocenters. The van der Waals surface area contributed by atoms with Crippen LogP contribution in [0, 0.1) is 11.8 Å². The predicted molar refractivity (Wildman–Crippen MR) is 138 cm³/mol. The number of amides is 2. The van der Waals surface area contributed by atoms with E-state index >= 15 is 0 Å². The van der Waals surface area contributed by atoms with Crippen molar-refractivity contribution in [2.75, 3.05) is 10.2 Å². The van der Waals surface area contributed by atoms with E-state index in [0.29, 0.717) is 27.9 Å². The van der Waals surface area contributed by atoms with Gasteiger partial charge < -0.3 is 15.3 Å². The molecule has 0 spiro atoms. The Balaban J connectivity index is 1.58. The number of nitrogens with zero attached hydrogens (tertiary/aromatic N) is 4. The third-order valence-electron chi connectivity index (χ3n) is 6.37. The van der Waals surface area contributed by atoms with Crippen LogP contribution in [0.3, 0.4) is 0 Å². The number of carbonyl (C=O) groups is 3. The van der Waals surface area contributed by atoms with Crippen molar-refractivity contribution in [1.29, 1.82) is 0 Å². The quantitative estimate of drug-likeness (QED) is 0.455. The van der Waals surface area contributed by atoms with Gasteiger partial charge in [0.15, 0.2) is 0 Å². The highest BCUT2D eigenvalue weighted by Crippen LogP contribution is 2.39. The Morgan fingerprint density at radius 1 is 1.08 bits per heavy atom. The molecule has 1 aliphatic rings. The van der Waals surface area contributed by atoms with Crippen LogP contribution in [0.15, 0.2) is 43.0 Å². The van der Waals surface area contributed by atoms with Crippen LogP contribution in [0.1, 0.15) is 66.6 Å². The molecular formula is C26H29N5O4S. The SMILES string of the molecule is CC1CCC(C(=O)N(c2cc(-c3ccc(NC(=O)c4cnccn4)nc3)sc2C(=O)O)C(C)C)CC1. The maximum absolute atomic E-state index is 13.5. The molecule has 3 aromatic rings. The number of carboxylic acid groups (broad SMARTS) is 1. The first-order valence-electron chi connectivity index (χ1n) is 12.0. The highest BCUT2D eigenvalue weighted by molar-refractivity contribution is 7.18. The van der Waals surface area contributed by atoms with E-state index in [1.54, 1.807) is 29.3 Å². The van der Waals surface area contributed by atoms with Crippen molar-refractivity contribution < 1.29 is 19.5 Å². The van der Waals surface area contributed by atoms with E-state index in [4.69, 9.17) is 0 Å². The van der Waals surface area contributed by atoms with Crippen LogP contribution in [-0.4, -0.2) is 43.9 Å². The topological polar surface area (TPSA) is 125 Å². The summed E-state index contributed by atoms with van der Waals surface area (Å²) in [7, 11) is 0. The molecule has 9 nitrogen and oxygen atoms in total. The Kier molecular flexibility index (Phi) is 7.73. The van der Waals surface area contributed by atoms with Gasteiger partial charge in [0, 0.05) is 41.0 Å². The van der Waals surface area contributed by atoms with Gasteiger partial charge in [-0.1, -0.05) is 6.92 Å². The van der Waals surface area contributed by atoms with Gasteiger partial charge in [-0.05, 0) is 63.6 Å². The van der Waals surface area contributed by atoms with Crippen molar-refractivity contribution in [1.82, 2.24) is 15.0 Å². The van der Waals surface area contributed by atoms with Crippen LogP contribution < -0.4 is 10.2 Å². The molecule has 4 rings (SSSR count). The van der Waals surface area contributed by atoms with Gasteiger partial charge in [0.25, 0.3) is 5.91 Å². The number of carboxylic acids is 1. The van der Waals surface area contributed by atoms with Gasteiger partial charge in [0.2, 0.25) is 5.91 Å². The Morgan fingerprint density at radius 2 is 1.83 bits per heavy atom. The monoisotopic (exact) mass is 507 g/mol. The van der Waals surface area contributed by atoms with Crippen LogP contribution in [0.25, 0.3) is 10.4 Å². The lowest BCUT2D eigenvalue weighted by Gasteiger charge is -2.33. The molecular weight excluding hydrogens is 478 g/mol. The second kappa shape index (κ2) is 10.9. The number of aromatic carboxylic acids is 1. The van der Waals surface area contributed by atoms with E-state index in [2.05, 4.69) is 27.2 Å². The fourth-order valence-corrected chi connectivity index (χ4v) is 5.40. The van der Waals surface area contributed by atoms with Gasteiger partial charge in [-0.25, -0.2) is 14.8 Å². The molecule has 3 aromatic heterocycles. The van der Waals surface area contributed by atoms with Crippen LogP contribution >= 0.6 is 11.3 Å². The number of aromatic nitrogens is 3. The van der Waals surface area contributed by atoms with Gasteiger partial charge in [0.05, 0.1) is 11.9 Å². The first-order chi connectivity index (χ1) is 17.2. The minimum atomic E-state index is -1.07. The Hall–Kier alpha value is -3.66. The second-order valence-corrected chi connectivity index (χ2v) is 10.4. The highest BCUT2D eigenvalue weighted by atomic mass is 32.1. The zero-order valence-electron chi connectivity index (χ0n) is 20.5. The van der Waals surface area contributed by atoms with Crippen molar-refractivity contribution in [3.8, 4) is 10.4 Å². The molecule has 3 heterocycles. The lowest BCUT2D eigenvalue weighted by Crippen LogP contribution is -2.42. The van der Waals surface area contributed by atoms with E-state index in [1.807, 2.05) is 13.8 Å². The maximum atomic E-state index is 13.5. The van der Waals surface area contributed by atoms with E-state index in [1.165, 1.54) is 18.6 Å². The van der Waals surface area contributed by atoms with Gasteiger partial charge in [-0.2, -0.15) is 0 Å². The number of nitrogens with one attached hydrogen (secondary N) is 1. The smallest absolute Gasteiger partial charge is 0.348 e. The third-order valence-corrected chi connectivity index (χ3v) is 7.53. The highest BCUT2D eigenvalue weighted by Gasteiger charge is 2.33. The molecule has 1 fully saturated rings. The normalized spacial score (nSPS) is 17.6. The number of anilines is 2. The fourth-order valence-electron chi connectivity index (χ4n) is 4.42. The van der Waals surface area contributed by atoms with E-state index in [-0.39, 0.29) is 28.4 Å². The lowest BCUT2D eigenvalue weighted by molar-refractivity contribution is -0.123. The Labute approximate surface area is 213 Å². The summed E-state index contributed by atoms with van der Waals surface area (Å²) in [6.07, 6.45) is 9.51. The first-order valence-corrected chi connectivity index (χ1v) is 12.8. The van der Waals surface area contributed by atoms with Crippen LogP contribution in [0.5, 0.6) is 0 Å². The summed E-state index contributed by atoms with van der Waals surface area (Å²) >= 11 is 1.11. The Morgan fingerprint density at radius 3 is 2.42 bits per heavy atom. The largest absolute Gasteiger partial charge is 0.477 e.